The van der Waals surface area contributed by atoms with E-state index >= 15 is 0 Å². The first-order valence-electron chi connectivity index (χ1n) is 10.0. The number of halogens is 1. The number of rotatable bonds is 6. The molecule has 0 aliphatic rings. The molecule has 0 saturated carbocycles. The Kier molecular flexibility index (Phi) is 4.98. The lowest BCUT2D eigenvalue weighted by Gasteiger charge is -2.11. The summed E-state index contributed by atoms with van der Waals surface area (Å²) in [5.41, 5.74) is 3.76. The third-order valence-corrected chi connectivity index (χ3v) is 5.25. The van der Waals surface area contributed by atoms with E-state index in [2.05, 4.69) is 31.4 Å². The molecule has 0 aliphatic carbocycles. The van der Waals surface area contributed by atoms with Crippen LogP contribution in [0.2, 0.25) is 0 Å². The normalized spacial score (nSPS) is 11.2. The Labute approximate surface area is 182 Å². The molecule has 5 rings (SSSR count). The molecule has 160 valence electrons. The lowest BCUT2D eigenvalue weighted by Crippen LogP contribution is -2.11. The van der Waals surface area contributed by atoms with Gasteiger partial charge in [-0.1, -0.05) is 18.2 Å². The largest absolute Gasteiger partial charge is 0.465 e. The number of hydrogen-bond donors (Lipinski definition) is 2. The summed E-state index contributed by atoms with van der Waals surface area (Å²) < 4.78 is 20.1. The van der Waals surface area contributed by atoms with Gasteiger partial charge in [-0.3, -0.25) is 4.98 Å². The van der Waals surface area contributed by atoms with Crippen molar-refractivity contribution in [1.29, 1.82) is 0 Å². The van der Waals surface area contributed by atoms with Gasteiger partial charge in [-0.2, -0.15) is 9.61 Å². The summed E-state index contributed by atoms with van der Waals surface area (Å²) in [6.07, 6.45) is 6.82. The van der Waals surface area contributed by atoms with Crippen LogP contribution in [0.3, 0.4) is 0 Å². The van der Waals surface area contributed by atoms with E-state index in [1.807, 2.05) is 24.4 Å². The number of benzene rings is 1. The number of nitrogens with one attached hydrogen (secondary N) is 2. The molecule has 2 N–H and O–H groups in total. The molecule has 4 heterocycles. The van der Waals surface area contributed by atoms with Gasteiger partial charge >= 0.3 is 5.97 Å². The highest BCUT2D eigenvalue weighted by Crippen LogP contribution is 2.25. The van der Waals surface area contributed by atoms with Gasteiger partial charge in [0.05, 0.1) is 25.2 Å². The van der Waals surface area contributed by atoms with Gasteiger partial charge in [-0.05, 0) is 24.1 Å². The zero-order valence-corrected chi connectivity index (χ0v) is 17.2. The van der Waals surface area contributed by atoms with Crippen molar-refractivity contribution in [3.63, 3.8) is 0 Å². The summed E-state index contributed by atoms with van der Waals surface area (Å²) in [5.74, 6) is -0.407. The average molecular weight is 430 g/mol. The lowest BCUT2D eigenvalue weighted by molar-refractivity contribution is 0.0602. The first-order valence-corrected chi connectivity index (χ1v) is 10.0. The Balaban J connectivity index is 1.50. The SMILES string of the molecule is COC(=O)c1cnn2c(NCCc3c[nH]c4ccccc34)cc(-c3cncc(F)c3)nc12. The fraction of sp³-hybridized carbons (Fsp3) is 0.130. The van der Waals surface area contributed by atoms with Gasteiger partial charge in [-0.15, -0.1) is 0 Å². The number of esters is 1. The standard InChI is InChI=1S/C23H19FN6O2/c1-32-23(31)18-13-28-30-21(9-20(29-22(18)30)15-8-16(24)12-25-10-15)26-7-6-14-11-27-19-5-3-2-4-17(14)19/h2-5,8-13,26-27H,6-7H2,1H3. The van der Waals surface area contributed by atoms with Crippen LogP contribution in [0, 0.1) is 5.82 Å². The van der Waals surface area contributed by atoms with Crippen molar-refractivity contribution < 1.29 is 13.9 Å². The maximum Gasteiger partial charge on any atom is 0.343 e. The highest BCUT2D eigenvalue weighted by atomic mass is 19.1. The van der Waals surface area contributed by atoms with Crippen LogP contribution < -0.4 is 5.32 Å². The van der Waals surface area contributed by atoms with Gasteiger partial charge in [0, 0.05) is 41.5 Å². The van der Waals surface area contributed by atoms with Gasteiger partial charge in [0.25, 0.3) is 0 Å². The number of H-pyrrole nitrogens is 1. The first kappa shape index (κ1) is 19.7. The molecule has 1 aromatic carbocycles. The molecular weight excluding hydrogens is 411 g/mol. The van der Waals surface area contributed by atoms with E-state index in [0.717, 1.165) is 18.1 Å². The molecule has 0 bridgehead atoms. The van der Waals surface area contributed by atoms with Crippen molar-refractivity contribution in [2.45, 2.75) is 6.42 Å². The number of ether oxygens (including phenoxy) is 1. The molecule has 0 amide bonds. The third kappa shape index (κ3) is 3.53. The van der Waals surface area contributed by atoms with Crippen molar-refractivity contribution >= 4 is 28.3 Å². The number of hydrogen-bond acceptors (Lipinski definition) is 6. The number of nitrogens with zero attached hydrogens (tertiary/aromatic N) is 4. The smallest absolute Gasteiger partial charge is 0.343 e. The molecule has 0 atom stereocenters. The Bertz CT molecular complexity index is 1440. The summed E-state index contributed by atoms with van der Waals surface area (Å²) in [5, 5.41) is 8.84. The van der Waals surface area contributed by atoms with E-state index in [4.69, 9.17) is 4.74 Å². The Morgan fingerprint density at radius 1 is 1.22 bits per heavy atom. The van der Waals surface area contributed by atoms with E-state index in [1.54, 1.807) is 6.07 Å². The van der Waals surface area contributed by atoms with Crippen LogP contribution in [0.25, 0.3) is 27.8 Å². The summed E-state index contributed by atoms with van der Waals surface area (Å²) >= 11 is 0. The molecule has 0 saturated heterocycles. The molecule has 5 aromatic rings. The van der Waals surface area contributed by atoms with Gasteiger partial charge in [0.1, 0.15) is 17.2 Å². The van der Waals surface area contributed by atoms with Crippen molar-refractivity contribution in [1.82, 2.24) is 24.6 Å². The monoisotopic (exact) mass is 430 g/mol. The van der Waals surface area contributed by atoms with Crippen molar-refractivity contribution in [3.8, 4) is 11.3 Å². The molecule has 0 aliphatic heterocycles. The van der Waals surface area contributed by atoms with Crippen LogP contribution in [-0.4, -0.2) is 44.2 Å². The van der Waals surface area contributed by atoms with Gasteiger partial charge < -0.3 is 15.0 Å². The number of aromatic nitrogens is 5. The lowest BCUT2D eigenvalue weighted by atomic mass is 10.1. The number of carbonyl (C=O) groups is 1. The Hall–Kier alpha value is -4.27. The molecular formula is C23H19FN6O2. The molecule has 4 aromatic heterocycles. The van der Waals surface area contributed by atoms with Crippen molar-refractivity contribution in [2.24, 2.45) is 0 Å². The van der Waals surface area contributed by atoms with E-state index < -0.39 is 11.8 Å². The van der Waals surface area contributed by atoms with Gasteiger partial charge in [0.15, 0.2) is 5.65 Å². The minimum absolute atomic E-state index is 0.221. The summed E-state index contributed by atoms with van der Waals surface area (Å²) in [4.78, 5) is 23.9. The average Bonchev–Trinajstić information content (AvgIpc) is 3.43. The van der Waals surface area contributed by atoms with Crippen LogP contribution in [0.4, 0.5) is 10.2 Å². The fourth-order valence-corrected chi connectivity index (χ4v) is 3.71. The van der Waals surface area contributed by atoms with E-state index in [9.17, 15) is 9.18 Å². The molecule has 0 radical (unpaired) electrons. The molecule has 9 heteroatoms. The number of carbonyl (C=O) groups excluding carboxylic acids is 1. The van der Waals surface area contributed by atoms with E-state index in [1.165, 1.54) is 41.0 Å². The predicted molar refractivity (Wildman–Crippen MR) is 118 cm³/mol. The summed E-state index contributed by atoms with van der Waals surface area (Å²) in [7, 11) is 1.30. The third-order valence-electron chi connectivity index (χ3n) is 5.25. The van der Waals surface area contributed by atoms with E-state index in [0.29, 0.717) is 29.3 Å². The number of anilines is 1. The molecule has 32 heavy (non-hydrogen) atoms. The number of aromatic amines is 1. The van der Waals surface area contributed by atoms with Gasteiger partial charge in [0.2, 0.25) is 0 Å². The molecule has 0 spiro atoms. The Morgan fingerprint density at radius 2 is 2.09 bits per heavy atom. The fourth-order valence-electron chi connectivity index (χ4n) is 3.71. The number of para-hydroxylation sites is 1. The van der Waals surface area contributed by atoms with Gasteiger partial charge in [-0.25, -0.2) is 14.2 Å². The molecule has 0 fully saturated rings. The highest BCUT2D eigenvalue weighted by molar-refractivity contribution is 5.96. The number of methoxy groups -OCH3 is 1. The maximum absolute atomic E-state index is 13.8. The van der Waals surface area contributed by atoms with Crippen molar-refractivity contribution in [3.05, 3.63) is 78.1 Å². The highest BCUT2D eigenvalue weighted by Gasteiger charge is 2.18. The number of fused-ring (bicyclic) bond motifs is 2. The van der Waals surface area contributed by atoms with Crippen LogP contribution in [0.15, 0.2) is 61.2 Å². The minimum atomic E-state index is -0.549. The zero-order valence-electron chi connectivity index (χ0n) is 17.2. The van der Waals surface area contributed by atoms with Crippen LogP contribution >= 0.6 is 0 Å². The minimum Gasteiger partial charge on any atom is -0.465 e. The second kappa shape index (κ2) is 8.10. The molecule has 0 unspecified atom stereocenters. The quantitative estimate of drug-likeness (QED) is 0.397. The van der Waals surface area contributed by atoms with Crippen LogP contribution in [0.5, 0.6) is 0 Å². The first-order chi connectivity index (χ1) is 15.6. The predicted octanol–water partition coefficient (Wildman–Crippen LogP) is 3.85. The Morgan fingerprint density at radius 3 is 2.94 bits per heavy atom. The van der Waals surface area contributed by atoms with E-state index in [-0.39, 0.29) is 5.56 Å². The summed E-state index contributed by atoms with van der Waals surface area (Å²) in [6.45, 7) is 0.606. The van der Waals surface area contributed by atoms with Crippen molar-refractivity contribution in [2.75, 3.05) is 19.0 Å². The second-order valence-electron chi connectivity index (χ2n) is 7.24. The summed E-state index contributed by atoms with van der Waals surface area (Å²) in [6, 6.07) is 11.2. The second-order valence-corrected chi connectivity index (χ2v) is 7.24. The maximum atomic E-state index is 13.8. The zero-order chi connectivity index (χ0) is 22.1. The topological polar surface area (TPSA) is 97.2 Å². The number of pyridine rings is 1. The van der Waals surface area contributed by atoms with Crippen LogP contribution in [-0.2, 0) is 11.2 Å². The van der Waals surface area contributed by atoms with Crippen LogP contribution in [0.1, 0.15) is 15.9 Å². The molecule has 8 nitrogen and oxygen atoms in total.